The Balaban J connectivity index is 1.31. The number of carbonyl (C=O) groups is 1. The first kappa shape index (κ1) is 21.5. The summed E-state index contributed by atoms with van der Waals surface area (Å²) in [5.74, 6) is -0.476. The number of amides is 1. The second kappa shape index (κ2) is 9.57. The zero-order valence-corrected chi connectivity index (χ0v) is 17.3. The number of halogens is 3. The molecule has 0 saturated carbocycles. The summed E-state index contributed by atoms with van der Waals surface area (Å²) in [6, 6.07) is 12.6. The Hall–Kier alpha value is -2.78. The van der Waals surface area contributed by atoms with Crippen LogP contribution in [-0.2, 0) is 11.3 Å². The number of amidine groups is 1. The highest BCUT2D eigenvalue weighted by atomic mass is 32.2. The van der Waals surface area contributed by atoms with E-state index >= 15 is 0 Å². The van der Waals surface area contributed by atoms with Gasteiger partial charge in [-0.1, -0.05) is 24.3 Å². The van der Waals surface area contributed by atoms with Crippen molar-refractivity contribution in [3.05, 3.63) is 70.4 Å². The van der Waals surface area contributed by atoms with Crippen LogP contribution >= 0.6 is 11.8 Å². The number of hydrogen-bond acceptors (Lipinski definition) is 5. The molecule has 9 heteroatoms. The van der Waals surface area contributed by atoms with Gasteiger partial charge in [0.15, 0.2) is 5.17 Å². The van der Waals surface area contributed by atoms with E-state index in [4.69, 9.17) is 0 Å². The van der Waals surface area contributed by atoms with Crippen molar-refractivity contribution in [1.82, 2.24) is 9.80 Å². The Morgan fingerprint density at radius 2 is 1.71 bits per heavy atom. The van der Waals surface area contributed by atoms with Gasteiger partial charge in [0.05, 0.1) is 4.91 Å². The third-order valence-corrected chi connectivity index (χ3v) is 6.02. The van der Waals surface area contributed by atoms with Gasteiger partial charge >= 0.3 is 6.61 Å². The summed E-state index contributed by atoms with van der Waals surface area (Å²) >= 11 is 1.32. The molecule has 4 rings (SSSR count). The molecule has 2 aliphatic heterocycles. The van der Waals surface area contributed by atoms with E-state index in [-0.39, 0.29) is 17.5 Å². The Morgan fingerprint density at radius 1 is 1.03 bits per heavy atom. The normalized spacial score (nSPS) is 18.7. The summed E-state index contributed by atoms with van der Waals surface area (Å²) in [5.41, 5.74) is 1.77. The van der Waals surface area contributed by atoms with Gasteiger partial charge in [-0.15, -0.1) is 0 Å². The molecular weight excluding hydrogens is 427 g/mol. The van der Waals surface area contributed by atoms with Crippen LogP contribution in [0.2, 0.25) is 0 Å². The lowest BCUT2D eigenvalue weighted by molar-refractivity contribution is -0.113. The first-order chi connectivity index (χ1) is 15.0. The van der Waals surface area contributed by atoms with E-state index in [2.05, 4.69) is 19.5 Å². The van der Waals surface area contributed by atoms with Gasteiger partial charge in [0, 0.05) is 32.7 Å². The monoisotopic (exact) mass is 447 g/mol. The van der Waals surface area contributed by atoms with Gasteiger partial charge in [-0.05, 0) is 53.2 Å². The first-order valence-electron chi connectivity index (χ1n) is 9.75. The van der Waals surface area contributed by atoms with Crippen molar-refractivity contribution in [3.63, 3.8) is 0 Å². The van der Waals surface area contributed by atoms with E-state index in [9.17, 15) is 18.0 Å². The lowest BCUT2D eigenvalue weighted by atomic mass is 10.2. The predicted molar refractivity (Wildman–Crippen MR) is 114 cm³/mol. The van der Waals surface area contributed by atoms with Crippen LogP contribution in [0.4, 0.5) is 13.2 Å². The number of piperazine rings is 1. The van der Waals surface area contributed by atoms with Gasteiger partial charge in [0.2, 0.25) is 0 Å². The maximum atomic E-state index is 13.1. The Kier molecular flexibility index (Phi) is 6.62. The van der Waals surface area contributed by atoms with Crippen LogP contribution in [0.1, 0.15) is 11.1 Å². The molecule has 0 aliphatic carbocycles. The number of thioether (sulfide) groups is 1. The smallest absolute Gasteiger partial charge is 0.387 e. The molecule has 2 aliphatic rings. The first-order valence-corrected chi connectivity index (χ1v) is 10.6. The lowest BCUT2D eigenvalue weighted by Gasteiger charge is -2.35. The van der Waals surface area contributed by atoms with Crippen LogP contribution in [0.25, 0.3) is 6.08 Å². The maximum absolute atomic E-state index is 13.1. The van der Waals surface area contributed by atoms with Crippen molar-refractivity contribution in [2.24, 2.45) is 4.99 Å². The summed E-state index contributed by atoms with van der Waals surface area (Å²) in [4.78, 5) is 21.4. The van der Waals surface area contributed by atoms with Crippen LogP contribution < -0.4 is 4.74 Å². The fraction of sp³-hybridized carbons (Fsp3) is 0.273. The topological polar surface area (TPSA) is 45.1 Å². The SMILES string of the molecule is O=C1N=C(N2CCN(Cc3ccc(F)cc3)CC2)SC1=Cc1ccc(OC(F)F)cc1. The summed E-state index contributed by atoms with van der Waals surface area (Å²) in [5, 5.41) is 0.676. The summed E-state index contributed by atoms with van der Waals surface area (Å²) in [6.45, 7) is 0.998. The van der Waals surface area contributed by atoms with Crippen LogP contribution in [0, 0.1) is 5.82 Å². The van der Waals surface area contributed by atoms with Crippen LogP contribution in [0.5, 0.6) is 5.75 Å². The average Bonchev–Trinajstić information content (AvgIpc) is 3.11. The molecule has 2 aromatic rings. The minimum absolute atomic E-state index is 0.0676. The molecule has 1 fully saturated rings. The predicted octanol–water partition coefficient (Wildman–Crippen LogP) is 4.22. The second-order valence-electron chi connectivity index (χ2n) is 7.15. The van der Waals surface area contributed by atoms with Gasteiger partial charge < -0.3 is 9.64 Å². The third-order valence-electron chi connectivity index (χ3n) is 4.97. The lowest BCUT2D eigenvalue weighted by Crippen LogP contribution is -2.47. The van der Waals surface area contributed by atoms with E-state index in [1.807, 2.05) is 0 Å². The van der Waals surface area contributed by atoms with Crippen molar-refractivity contribution < 1.29 is 22.7 Å². The molecule has 162 valence electrons. The molecular formula is C22H20F3N3O2S. The molecule has 0 radical (unpaired) electrons. The number of hydrogen-bond donors (Lipinski definition) is 0. The van der Waals surface area contributed by atoms with Gasteiger partial charge in [-0.3, -0.25) is 9.69 Å². The summed E-state index contributed by atoms with van der Waals surface area (Å²) in [7, 11) is 0. The van der Waals surface area contributed by atoms with E-state index in [0.717, 1.165) is 38.3 Å². The van der Waals surface area contributed by atoms with Crippen molar-refractivity contribution in [1.29, 1.82) is 0 Å². The zero-order chi connectivity index (χ0) is 21.8. The molecule has 0 bridgehead atoms. The number of alkyl halides is 2. The van der Waals surface area contributed by atoms with Crippen molar-refractivity contribution in [2.75, 3.05) is 26.2 Å². The zero-order valence-electron chi connectivity index (χ0n) is 16.5. The number of ether oxygens (including phenoxy) is 1. The van der Waals surface area contributed by atoms with E-state index < -0.39 is 6.61 Å². The largest absolute Gasteiger partial charge is 0.435 e. The second-order valence-corrected chi connectivity index (χ2v) is 8.16. The van der Waals surface area contributed by atoms with E-state index in [0.29, 0.717) is 15.6 Å². The van der Waals surface area contributed by atoms with Crippen molar-refractivity contribution in [2.45, 2.75) is 13.2 Å². The van der Waals surface area contributed by atoms with Crippen molar-refractivity contribution >= 4 is 28.9 Å². The molecule has 5 nitrogen and oxygen atoms in total. The number of aliphatic imine (C=N–C) groups is 1. The van der Waals surface area contributed by atoms with Crippen LogP contribution in [-0.4, -0.2) is 53.7 Å². The quantitative estimate of drug-likeness (QED) is 0.643. The molecule has 0 N–H and O–H groups in total. The van der Waals surface area contributed by atoms with Gasteiger partial charge in [-0.2, -0.15) is 13.8 Å². The molecule has 2 heterocycles. The molecule has 1 saturated heterocycles. The van der Waals surface area contributed by atoms with Gasteiger partial charge in [-0.25, -0.2) is 4.39 Å². The molecule has 0 aromatic heterocycles. The highest BCUT2D eigenvalue weighted by molar-refractivity contribution is 8.18. The standard InChI is InChI=1S/C22H20F3N3O2S/c23-17-5-1-16(2-6-17)14-27-9-11-28(12-10-27)22-26-20(29)19(31-22)13-15-3-7-18(8-4-15)30-21(24)25/h1-8,13,21H,9-12,14H2. The third kappa shape index (κ3) is 5.68. The fourth-order valence-electron chi connectivity index (χ4n) is 3.38. The van der Waals surface area contributed by atoms with Crippen LogP contribution in [0.3, 0.4) is 0 Å². The molecule has 2 aromatic carbocycles. The molecule has 31 heavy (non-hydrogen) atoms. The maximum Gasteiger partial charge on any atom is 0.387 e. The highest BCUT2D eigenvalue weighted by Gasteiger charge is 2.28. The van der Waals surface area contributed by atoms with Gasteiger partial charge in [0.25, 0.3) is 5.91 Å². The van der Waals surface area contributed by atoms with Gasteiger partial charge in [0.1, 0.15) is 11.6 Å². The Labute approximate surface area is 182 Å². The van der Waals surface area contributed by atoms with Crippen LogP contribution in [0.15, 0.2) is 58.4 Å². The molecule has 1 amide bonds. The minimum Gasteiger partial charge on any atom is -0.435 e. The average molecular weight is 447 g/mol. The molecule has 0 spiro atoms. The Morgan fingerprint density at radius 3 is 2.35 bits per heavy atom. The molecule has 0 unspecified atom stereocenters. The number of rotatable bonds is 5. The fourth-order valence-corrected chi connectivity index (χ4v) is 4.34. The molecule has 0 atom stereocenters. The number of benzene rings is 2. The van der Waals surface area contributed by atoms with Crippen molar-refractivity contribution in [3.8, 4) is 5.75 Å². The number of carbonyl (C=O) groups excluding carboxylic acids is 1. The Bertz CT molecular complexity index is 986. The number of nitrogens with zero attached hydrogens (tertiary/aromatic N) is 3. The van der Waals surface area contributed by atoms with E-state index in [1.54, 1.807) is 30.3 Å². The highest BCUT2D eigenvalue weighted by Crippen LogP contribution is 2.31. The summed E-state index contributed by atoms with van der Waals surface area (Å²) in [6.07, 6.45) is 1.69. The summed E-state index contributed by atoms with van der Waals surface area (Å²) < 4.78 is 41.9. The minimum atomic E-state index is -2.87. The van der Waals surface area contributed by atoms with E-state index in [1.165, 1.54) is 36.0 Å².